The van der Waals surface area contributed by atoms with E-state index in [1.54, 1.807) is 30.3 Å². The second-order valence-corrected chi connectivity index (χ2v) is 5.55. The van der Waals surface area contributed by atoms with Gasteiger partial charge in [-0.3, -0.25) is 0 Å². The number of carbonyl (C=O) groups is 2. The van der Waals surface area contributed by atoms with Crippen molar-refractivity contribution in [2.45, 2.75) is 13.5 Å². The van der Waals surface area contributed by atoms with Gasteiger partial charge in [0.25, 0.3) is 0 Å². The number of hydrogen-bond acceptors (Lipinski definition) is 6. The molecule has 0 saturated heterocycles. The molecule has 0 spiro atoms. The number of ether oxygens (including phenoxy) is 4. The van der Waals surface area contributed by atoms with Crippen LogP contribution in [-0.4, -0.2) is 32.8 Å². The molecule has 0 heterocycles. The smallest absolute Gasteiger partial charge is 0.344 e. The molecule has 0 aliphatic carbocycles. The predicted molar refractivity (Wildman–Crippen MR) is 101 cm³/mol. The Bertz CT molecular complexity index is 808. The van der Waals surface area contributed by atoms with Gasteiger partial charge < -0.3 is 18.9 Å². The van der Waals surface area contributed by atoms with E-state index in [0.29, 0.717) is 17.1 Å². The Morgan fingerprint density at radius 1 is 1.00 bits per heavy atom. The van der Waals surface area contributed by atoms with Crippen molar-refractivity contribution < 1.29 is 28.5 Å². The summed E-state index contributed by atoms with van der Waals surface area (Å²) in [7, 11) is 2.86. The highest BCUT2D eigenvalue weighted by molar-refractivity contribution is 5.89. The molecule has 2 aromatic carbocycles. The molecule has 0 fully saturated rings. The molecule has 6 heteroatoms. The van der Waals surface area contributed by atoms with E-state index in [2.05, 4.69) is 4.74 Å². The van der Waals surface area contributed by atoms with E-state index in [1.807, 2.05) is 31.2 Å². The Morgan fingerprint density at radius 3 is 2.37 bits per heavy atom. The van der Waals surface area contributed by atoms with Gasteiger partial charge in [0.15, 0.2) is 18.1 Å². The molecule has 0 aliphatic heterocycles. The van der Waals surface area contributed by atoms with Crippen LogP contribution in [0.5, 0.6) is 11.5 Å². The minimum atomic E-state index is -0.508. The Labute approximate surface area is 158 Å². The second kappa shape index (κ2) is 10.0. The molecule has 2 aromatic rings. The molecule has 0 atom stereocenters. The number of esters is 2. The Balaban J connectivity index is 1.86. The molecule has 0 radical (unpaired) electrons. The maximum atomic E-state index is 11.9. The number of hydrogen-bond donors (Lipinski definition) is 0. The highest BCUT2D eigenvalue weighted by Crippen LogP contribution is 2.28. The molecule has 0 unspecified atom stereocenters. The van der Waals surface area contributed by atoms with Crippen molar-refractivity contribution in [2.24, 2.45) is 0 Å². The average molecular weight is 370 g/mol. The summed E-state index contributed by atoms with van der Waals surface area (Å²) in [4.78, 5) is 23.3. The van der Waals surface area contributed by atoms with Crippen LogP contribution in [0, 0.1) is 0 Å². The lowest BCUT2D eigenvalue weighted by molar-refractivity contribution is -0.147. The van der Waals surface area contributed by atoms with Gasteiger partial charge in [0.05, 0.1) is 19.8 Å². The SMILES string of the molecule is C/C=C/c1ccc(OCC(=O)OCc2ccc(C(=O)OC)cc2)c(OC)c1. The Kier molecular flexibility index (Phi) is 7.43. The van der Waals surface area contributed by atoms with Crippen LogP contribution in [0.1, 0.15) is 28.4 Å². The van der Waals surface area contributed by atoms with Crippen molar-refractivity contribution in [3.63, 3.8) is 0 Å². The first kappa shape index (κ1) is 20.0. The van der Waals surface area contributed by atoms with Crippen molar-refractivity contribution in [2.75, 3.05) is 20.8 Å². The summed E-state index contributed by atoms with van der Waals surface area (Å²) in [6, 6.07) is 12.1. The molecule has 0 aliphatic rings. The minimum Gasteiger partial charge on any atom is -0.493 e. The topological polar surface area (TPSA) is 71.1 Å². The number of allylic oxidation sites excluding steroid dienone is 1. The van der Waals surface area contributed by atoms with E-state index in [4.69, 9.17) is 14.2 Å². The summed E-state index contributed by atoms with van der Waals surface area (Å²) in [5.41, 5.74) is 2.16. The van der Waals surface area contributed by atoms with Crippen LogP contribution in [0.2, 0.25) is 0 Å². The normalized spacial score (nSPS) is 10.5. The molecule has 0 amide bonds. The van der Waals surface area contributed by atoms with Crippen molar-refractivity contribution in [3.05, 3.63) is 65.2 Å². The van der Waals surface area contributed by atoms with E-state index >= 15 is 0 Å². The fourth-order valence-corrected chi connectivity index (χ4v) is 2.30. The van der Waals surface area contributed by atoms with Crippen LogP contribution < -0.4 is 9.47 Å². The van der Waals surface area contributed by atoms with Gasteiger partial charge in [-0.1, -0.05) is 30.4 Å². The van der Waals surface area contributed by atoms with Crippen molar-refractivity contribution >= 4 is 18.0 Å². The van der Waals surface area contributed by atoms with E-state index in [9.17, 15) is 9.59 Å². The third-order valence-electron chi connectivity index (χ3n) is 3.67. The van der Waals surface area contributed by atoms with Crippen molar-refractivity contribution in [3.8, 4) is 11.5 Å². The van der Waals surface area contributed by atoms with Crippen molar-refractivity contribution in [1.82, 2.24) is 0 Å². The highest BCUT2D eigenvalue weighted by atomic mass is 16.6. The first-order chi connectivity index (χ1) is 13.1. The van der Waals surface area contributed by atoms with Gasteiger partial charge >= 0.3 is 11.9 Å². The fraction of sp³-hybridized carbons (Fsp3) is 0.238. The maximum absolute atomic E-state index is 11.9. The molecule has 6 nitrogen and oxygen atoms in total. The fourth-order valence-electron chi connectivity index (χ4n) is 2.30. The van der Waals surface area contributed by atoms with E-state index in [1.165, 1.54) is 14.2 Å². The zero-order valence-electron chi connectivity index (χ0n) is 15.6. The van der Waals surface area contributed by atoms with Gasteiger partial charge in [0, 0.05) is 0 Å². The molecule has 0 aromatic heterocycles. The highest BCUT2D eigenvalue weighted by Gasteiger charge is 2.10. The molecule has 0 N–H and O–H groups in total. The van der Waals surface area contributed by atoms with Gasteiger partial charge in [0.1, 0.15) is 6.61 Å². The second-order valence-electron chi connectivity index (χ2n) is 5.55. The largest absolute Gasteiger partial charge is 0.493 e. The number of carbonyl (C=O) groups excluding carboxylic acids is 2. The summed E-state index contributed by atoms with van der Waals surface area (Å²) in [5, 5.41) is 0. The quantitative estimate of drug-likeness (QED) is 0.661. The van der Waals surface area contributed by atoms with Crippen LogP contribution in [-0.2, 0) is 20.9 Å². The zero-order chi connectivity index (χ0) is 19.6. The third kappa shape index (κ3) is 5.88. The predicted octanol–water partition coefficient (Wildman–Crippen LogP) is 3.64. The summed E-state index contributed by atoms with van der Waals surface area (Å²) in [6.45, 7) is 1.77. The lowest BCUT2D eigenvalue weighted by atomic mass is 10.1. The summed E-state index contributed by atoms with van der Waals surface area (Å²) < 4.78 is 20.6. The molecule has 0 saturated carbocycles. The van der Waals surface area contributed by atoms with Crippen LogP contribution in [0.4, 0.5) is 0 Å². The summed E-state index contributed by atoms with van der Waals surface area (Å²) >= 11 is 0. The van der Waals surface area contributed by atoms with E-state index in [0.717, 1.165) is 11.1 Å². The van der Waals surface area contributed by atoms with Crippen LogP contribution in [0.15, 0.2) is 48.5 Å². The molecule has 27 heavy (non-hydrogen) atoms. The lowest BCUT2D eigenvalue weighted by Crippen LogP contribution is -2.15. The first-order valence-corrected chi connectivity index (χ1v) is 8.33. The van der Waals surface area contributed by atoms with Gasteiger partial charge in [-0.15, -0.1) is 0 Å². The number of rotatable bonds is 8. The average Bonchev–Trinajstić information content (AvgIpc) is 2.71. The van der Waals surface area contributed by atoms with E-state index < -0.39 is 11.9 Å². The molecule has 142 valence electrons. The van der Waals surface area contributed by atoms with Crippen molar-refractivity contribution in [1.29, 1.82) is 0 Å². The van der Waals surface area contributed by atoms with Crippen LogP contribution in [0.25, 0.3) is 6.08 Å². The van der Waals surface area contributed by atoms with Gasteiger partial charge in [-0.2, -0.15) is 0 Å². The van der Waals surface area contributed by atoms with Gasteiger partial charge in [-0.05, 0) is 42.3 Å². The number of benzene rings is 2. The first-order valence-electron chi connectivity index (χ1n) is 8.33. The van der Waals surface area contributed by atoms with Crippen LogP contribution in [0.3, 0.4) is 0 Å². The van der Waals surface area contributed by atoms with Gasteiger partial charge in [-0.25, -0.2) is 9.59 Å². The molecule has 0 bridgehead atoms. The third-order valence-corrected chi connectivity index (χ3v) is 3.67. The molecular formula is C21H22O6. The Morgan fingerprint density at radius 2 is 1.74 bits per heavy atom. The minimum absolute atomic E-state index is 0.0843. The monoisotopic (exact) mass is 370 g/mol. The molecular weight excluding hydrogens is 348 g/mol. The zero-order valence-corrected chi connectivity index (χ0v) is 15.6. The maximum Gasteiger partial charge on any atom is 0.344 e. The summed E-state index contributed by atoms with van der Waals surface area (Å²) in [6.07, 6.45) is 3.86. The standard InChI is InChI=1S/C21H22O6/c1-4-5-15-8-11-18(19(12-15)24-2)26-14-20(22)27-13-16-6-9-17(10-7-16)21(23)25-3/h4-12H,13-14H2,1-3H3/b5-4+. The molecule has 2 rings (SSSR count). The van der Waals surface area contributed by atoms with Crippen LogP contribution >= 0.6 is 0 Å². The summed E-state index contributed by atoms with van der Waals surface area (Å²) in [5.74, 6) is 0.0786. The van der Waals surface area contributed by atoms with Gasteiger partial charge in [0.2, 0.25) is 0 Å². The Hall–Kier alpha value is -3.28. The van der Waals surface area contributed by atoms with E-state index in [-0.39, 0.29) is 13.2 Å². The number of methoxy groups -OCH3 is 2. The lowest BCUT2D eigenvalue weighted by Gasteiger charge is -2.11.